The van der Waals surface area contributed by atoms with Gasteiger partial charge in [-0.15, -0.1) is 0 Å². The number of hydrogen-bond acceptors (Lipinski definition) is 5. The van der Waals surface area contributed by atoms with Gasteiger partial charge in [-0.2, -0.15) is 0 Å². The highest BCUT2D eigenvalue weighted by Crippen LogP contribution is 2.77. The van der Waals surface area contributed by atoms with Crippen LogP contribution < -0.4 is 5.32 Å². The Morgan fingerprint density at radius 1 is 0.915 bits per heavy atom. The van der Waals surface area contributed by atoms with Crippen LogP contribution in [-0.4, -0.2) is 42.0 Å². The van der Waals surface area contributed by atoms with Gasteiger partial charge in [0.15, 0.2) is 5.78 Å². The maximum atomic E-state index is 13.9. The van der Waals surface area contributed by atoms with Crippen LogP contribution in [0.2, 0.25) is 0 Å². The number of fused-ring (bicyclic) bond motifs is 7. The molecule has 0 aliphatic heterocycles. The molecular weight excluding hydrogens is 586 g/mol. The van der Waals surface area contributed by atoms with Crippen LogP contribution in [0.4, 0.5) is 0 Å². The van der Waals surface area contributed by atoms with Crippen molar-refractivity contribution in [2.24, 2.45) is 62.1 Å². The molecule has 47 heavy (non-hydrogen) atoms. The van der Waals surface area contributed by atoms with E-state index in [2.05, 4.69) is 53.8 Å². The number of nitrogens with one attached hydrogen (secondary N) is 1. The molecule has 0 saturated heterocycles. The Kier molecular flexibility index (Phi) is 8.74. The van der Waals surface area contributed by atoms with E-state index in [1.54, 1.807) is 19.4 Å². The molecule has 0 aromatic heterocycles. The number of ether oxygens (including phenoxy) is 1. The second kappa shape index (κ2) is 11.7. The van der Waals surface area contributed by atoms with Gasteiger partial charge in [-0.05, 0) is 149 Å². The van der Waals surface area contributed by atoms with Crippen molar-refractivity contribution in [3.63, 3.8) is 0 Å². The Morgan fingerprint density at radius 2 is 1.62 bits per heavy atom. The molecule has 0 heterocycles. The molecule has 264 valence electrons. The van der Waals surface area contributed by atoms with Crippen LogP contribution in [-0.2, 0) is 19.1 Å². The summed E-state index contributed by atoms with van der Waals surface area (Å²) < 4.78 is 6.17. The van der Waals surface area contributed by atoms with Gasteiger partial charge in [-0.1, -0.05) is 54.0 Å². The minimum absolute atomic E-state index is 0.0425. The molecule has 8 atom stereocenters. The molecule has 2 unspecified atom stereocenters. The number of carbonyl (C=O) groups is 3. The summed E-state index contributed by atoms with van der Waals surface area (Å²) in [6.45, 7) is 22.3. The summed E-state index contributed by atoms with van der Waals surface area (Å²) in [4.78, 5) is 38.6. The van der Waals surface area contributed by atoms with E-state index in [0.29, 0.717) is 23.5 Å². The third kappa shape index (κ3) is 5.48. The number of carboxylic acids is 1. The van der Waals surface area contributed by atoms with Gasteiger partial charge in [-0.3, -0.25) is 14.4 Å². The molecule has 5 fully saturated rings. The summed E-state index contributed by atoms with van der Waals surface area (Å²) in [6, 6.07) is 0. The van der Waals surface area contributed by atoms with Crippen LogP contribution in [0.15, 0.2) is 11.1 Å². The van der Waals surface area contributed by atoms with E-state index in [1.165, 1.54) is 44.1 Å². The average Bonchev–Trinajstić information content (AvgIpc) is 3.74. The smallest absolute Gasteiger partial charge is 0.309 e. The zero-order chi connectivity index (χ0) is 34.4. The van der Waals surface area contributed by atoms with Gasteiger partial charge in [0.05, 0.1) is 11.8 Å². The predicted octanol–water partition coefficient (Wildman–Crippen LogP) is 8.77. The molecule has 0 spiro atoms. The Morgan fingerprint density at radius 3 is 2.26 bits per heavy atom. The first-order valence-electron chi connectivity index (χ1n) is 19.2. The predicted molar refractivity (Wildman–Crippen MR) is 186 cm³/mol. The molecule has 6 heteroatoms. The highest BCUT2D eigenvalue weighted by atomic mass is 16.5. The van der Waals surface area contributed by atoms with Gasteiger partial charge in [0, 0.05) is 17.3 Å². The lowest BCUT2D eigenvalue weighted by atomic mass is 9.33. The minimum Gasteiger partial charge on any atom is -0.481 e. The lowest BCUT2D eigenvalue weighted by Gasteiger charge is -2.72. The fourth-order valence-corrected chi connectivity index (χ4v) is 12.8. The summed E-state index contributed by atoms with van der Waals surface area (Å²) in [5.41, 5.74) is 2.00. The molecule has 0 bridgehead atoms. The third-order valence-corrected chi connectivity index (χ3v) is 15.9. The largest absolute Gasteiger partial charge is 0.481 e. The first-order valence-corrected chi connectivity index (χ1v) is 19.2. The molecule has 0 aromatic carbocycles. The molecule has 5 saturated carbocycles. The monoisotopic (exact) mass is 651 g/mol. The summed E-state index contributed by atoms with van der Waals surface area (Å²) in [5.74, 6) is 1.73. The van der Waals surface area contributed by atoms with Crippen molar-refractivity contribution in [2.75, 3.05) is 13.1 Å². The second-order valence-electron chi connectivity index (χ2n) is 19.6. The highest BCUT2D eigenvalue weighted by Gasteiger charge is 2.70. The lowest BCUT2D eigenvalue weighted by Crippen LogP contribution is -2.65. The van der Waals surface area contributed by atoms with E-state index in [9.17, 15) is 19.5 Å². The first kappa shape index (κ1) is 35.1. The number of carbonyl (C=O) groups excluding carboxylic acids is 2. The van der Waals surface area contributed by atoms with Crippen molar-refractivity contribution >= 4 is 17.7 Å². The number of hydrogen-bond donors (Lipinski definition) is 2. The Bertz CT molecular complexity index is 1320. The van der Waals surface area contributed by atoms with E-state index in [-0.39, 0.29) is 51.5 Å². The number of rotatable bonds is 10. The van der Waals surface area contributed by atoms with Gasteiger partial charge in [0.1, 0.15) is 6.10 Å². The fourth-order valence-electron chi connectivity index (χ4n) is 12.8. The minimum atomic E-state index is -1.13. The summed E-state index contributed by atoms with van der Waals surface area (Å²) in [6.07, 6.45) is 13.2. The highest BCUT2D eigenvalue weighted by molar-refractivity contribution is 6.00. The van der Waals surface area contributed by atoms with Gasteiger partial charge < -0.3 is 15.2 Å². The van der Waals surface area contributed by atoms with Crippen LogP contribution >= 0.6 is 0 Å². The maximum Gasteiger partial charge on any atom is 0.309 e. The Hall–Kier alpha value is -1.69. The second-order valence-corrected chi connectivity index (χ2v) is 19.6. The van der Waals surface area contributed by atoms with Crippen LogP contribution in [0.5, 0.6) is 0 Å². The molecule has 2 N–H and O–H groups in total. The standard InChI is InChI=1S/C41H65NO5/c1-25(2)33-28(43)22-41(20-21-42-24-26-10-11-26)19-18-39(8)27(34(33)41)12-13-30-38(7)16-15-31(47-32(44)23-36(3,4)35(45)46)37(5,6)29(38)14-17-40(30,39)9/h25-27,29-31,42H,10-24H2,1-9H3,(H,45,46)/t27-,29?,30?,31+,38+,39-,40-,41-/m1/s1. The molecule has 6 rings (SSSR count). The van der Waals surface area contributed by atoms with E-state index < -0.39 is 11.4 Å². The van der Waals surface area contributed by atoms with E-state index in [4.69, 9.17) is 4.74 Å². The van der Waals surface area contributed by atoms with Crippen molar-refractivity contribution in [3.05, 3.63) is 11.1 Å². The first-order chi connectivity index (χ1) is 21.8. The SMILES string of the molecule is CC(C)C1=C2[C@H]3CCC4[C@@]5(C)CC[C@H](OC(=O)CC(C)(C)C(=O)O)C(C)(C)C5CC[C@@]4(C)[C@]3(C)CC[C@@]2(CCNCC2CC2)CC1=O. The number of aliphatic carboxylic acids is 1. The van der Waals surface area contributed by atoms with Crippen LogP contribution in [0.1, 0.15) is 146 Å². The van der Waals surface area contributed by atoms with Crippen molar-refractivity contribution in [3.8, 4) is 0 Å². The van der Waals surface area contributed by atoms with Gasteiger partial charge >= 0.3 is 11.9 Å². The summed E-state index contributed by atoms with van der Waals surface area (Å²) >= 11 is 0. The Labute approximate surface area is 285 Å². The number of allylic oxidation sites excluding steroid dienone is 2. The molecule has 0 amide bonds. The van der Waals surface area contributed by atoms with Crippen molar-refractivity contribution < 1.29 is 24.2 Å². The maximum absolute atomic E-state index is 13.9. The fraction of sp³-hybridized carbons (Fsp3) is 0.878. The molecular formula is C41H65NO5. The van der Waals surface area contributed by atoms with E-state index >= 15 is 0 Å². The van der Waals surface area contributed by atoms with Crippen LogP contribution in [0, 0.1) is 62.1 Å². The van der Waals surface area contributed by atoms with Crippen molar-refractivity contribution in [1.29, 1.82) is 0 Å². The number of ketones is 1. The molecule has 0 radical (unpaired) electrons. The molecule has 6 nitrogen and oxygen atoms in total. The molecule has 6 aliphatic rings. The average molecular weight is 652 g/mol. The molecule has 0 aromatic rings. The topological polar surface area (TPSA) is 92.7 Å². The van der Waals surface area contributed by atoms with Crippen molar-refractivity contribution in [2.45, 2.75) is 152 Å². The number of Topliss-reactive ketones (excluding diaryl/α,β-unsaturated/α-hetero) is 1. The zero-order valence-electron chi connectivity index (χ0n) is 31.2. The quantitative estimate of drug-likeness (QED) is 0.181. The van der Waals surface area contributed by atoms with Crippen LogP contribution in [0.25, 0.3) is 0 Å². The van der Waals surface area contributed by atoms with E-state index in [1.807, 2.05) is 0 Å². The summed E-state index contributed by atoms with van der Waals surface area (Å²) in [5, 5.41) is 13.4. The normalized spacial score (nSPS) is 41.2. The van der Waals surface area contributed by atoms with Gasteiger partial charge in [-0.25, -0.2) is 0 Å². The van der Waals surface area contributed by atoms with Crippen LogP contribution in [0.3, 0.4) is 0 Å². The van der Waals surface area contributed by atoms with Gasteiger partial charge in [0.25, 0.3) is 0 Å². The lowest BCUT2D eigenvalue weighted by molar-refractivity contribution is -0.233. The summed E-state index contributed by atoms with van der Waals surface area (Å²) in [7, 11) is 0. The number of carboxylic acid groups (broad SMARTS) is 1. The van der Waals surface area contributed by atoms with Gasteiger partial charge in [0.2, 0.25) is 0 Å². The zero-order valence-corrected chi connectivity index (χ0v) is 31.2. The molecule has 6 aliphatic carbocycles. The van der Waals surface area contributed by atoms with Crippen molar-refractivity contribution in [1.82, 2.24) is 5.32 Å². The Balaban J connectivity index is 1.26. The number of esters is 1. The van der Waals surface area contributed by atoms with E-state index in [0.717, 1.165) is 57.5 Å². The third-order valence-electron chi connectivity index (χ3n) is 15.9.